The van der Waals surface area contributed by atoms with E-state index in [2.05, 4.69) is 4.90 Å². The normalized spacial score (nSPS) is 15.1. The van der Waals surface area contributed by atoms with Crippen molar-refractivity contribution in [2.75, 3.05) is 40.3 Å². The van der Waals surface area contributed by atoms with Crippen LogP contribution < -0.4 is 4.74 Å². The van der Waals surface area contributed by atoms with E-state index in [0.717, 1.165) is 0 Å². The van der Waals surface area contributed by atoms with E-state index in [4.69, 9.17) is 4.74 Å². The molecule has 26 heavy (non-hydrogen) atoms. The molecule has 1 amide bonds. The lowest BCUT2D eigenvalue weighted by molar-refractivity contribution is 0.0652. The van der Waals surface area contributed by atoms with Crippen molar-refractivity contribution in [3.05, 3.63) is 35.7 Å². The van der Waals surface area contributed by atoms with Crippen LogP contribution in [0.3, 0.4) is 0 Å². The molecule has 1 aliphatic heterocycles. The van der Waals surface area contributed by atoms with Crippen LogP contribution in [0.1, 0.15) is 21.0 Å². The third kappa shape index (κ3) is 2.99. The molecular weight excluding hydrogens is 338 g/mol. The maximum atomic E-state index is 13.0. The van der Waals surface area contributed by atoms with Gasteiger partial charge in [-0.1, -0.05) is 0 Å². The first-order valence-electron chi connectivity index (χ1n) is 8.22. The first-order chi connectivity index (χ1) is 12.5. The van der Waals surface area contributed by atoms with Gasteiger partial charge in [0.2, 0.25) is 0 Å². The number of rotatable bonds is 4. The average Bonchev–Trinajstić information content (AvgIpc) is 2.92. The minimum absolute atomic E-state index is 0.126. The van der Waals surface area contributed by atoms with E-state index in [-0.39, 0.29) is 11.4 Å². The van der Waals surface area contributed by atoms with Crippen LogP contribution in [0.15, 0.2) is 24.3 Å². The van der Waals surface area contributed by atoms with Gasteiger partial charge < -0.3 is 24.7 Å². The van der Waals surface area contributed by atoms with Crippen LogP contribution in [0.4, 0.5) is 0 Å². The molecule has 8 nitrogen and oxygen atoms in total. The van der Waals surface area contributed by atoms with Crippen LogP contribution in [0.25, 0.3) is 5.69 Å². The van der Waals surface area contributed by atoms with Crippen molar-refractivity contribution in [1.82, 2.24) is 14.4 Å². The number of methoxy groups -OCH3 is 1. The Labute approximate surface area is 150 Å². The molecule has 0 spiro atoms. The first-order valence-corrected chi connectivity index (χ1v) is 8.22. The summed E-state index contributed by atoms with van der Waals surface area (Å²) in [6.45, 7) is 2.42. The number of carbonyl (C=O) groups excluding carboxylic acids is 2. The predicted molar refractivity (Wildman–Crippen MR) is 94.4 cm³/mol. The van der Waals surface area contributed by atoms with E-state index >= 15 is 0 Å². The summed E-state index contributed by atoms with van der Waals surface area (Å²) in [5.41, 5.74) is 0.158. The molecule has 0 atom stereocenters. The second-order valence-corrected chi connectivity index (χ2v) is 6.18. The summed E-state index contributed by atoms with van der Waals surface area (Å²) >= 11 is 0. The fourth-order valence-corrected chi connectivity index (χ4v) is 3.03. The molecule has 2 N–H and O–H groups in total. The summed E-state index contributed by atoms with van der Waals surface area (Å²) in [5.74, 6) is -1.02. The number of piperazine rings is 1. The minimum atomic E-state index is -0.603. The standard InChI is InChI=1S/C18H21N3O5/c1-19-7-9-20(10-8-19)18(25)15-17(24)16(23)14(11-22)21(15)12-3-5-13(26-2)6-4-12/h3-6,11,23-24H,7-10H2,1-2H3. The van der Waals surface area contributed by atoms with Gasteiger partial charge in [-0.05, 0) is 31.3 Å². The van der Waals surface area contributed by atoms with Gasteiger partial charge in [0.1, 0.15) is 11.4 Å². The van der Waals surface area contributed by atoms with Gasteiger partial charge in [0.05, 0.1) is 7.11 Å². The molecule has 8 heteroatoms. The van der Waals surface area contributed by atoms with Crippen molar-refractivity contribution in [1.29, 1.82) is 0 Å². The highest BCUT2D eigenvalue weighted by Gasteiger charge is 2.31. The number of nitrogens with zero attached hydrogens (tertiary/aromatic N) is 3. The smallest absolute Gasteiger partial charge is 0.274 e. The molecule has 138 valence electrons. The average molecular weight is 359 g/mol. The molecule has 1 aromatic heterocycles. The summed E-state index contributed by atoms with van der Waals surface area (Å²) < 4.78 is 6.39. The Hall–Kier alpha value is -3.00. The van der Waals surface area contributed by atoms with Gasteiger partial charge in [0.25, 0.3) is 5.91 Å². The Kier molecular flexibility index (Phi) is 4.85. The molecule has 1 fully saturated rings. The number of aromatic nitrogens is 1. The lowest BCUT2D eigenvalue weighted by Gasteiger charge is -2.32. The second kappa shape index (κ2) is 7.09. The van der Waals surface area contributed by atoms with E-state index in [1.807, 2.05) is 7.05 Å². The molecule has 1 saturated heterocycles. The first kappa shape index (κ1) is 17.8. The molecule has 3 rings (SSSR count). The quantitative estimate of drug-likeness (QED) is 0.794. The van der Waals surface area contributed by atoms with Crippen LogP contribution in [0, 0.1) is 0 Å². The van der Waals surface area contributed by atoms with Gasteiger partial charge in [-0.25, -0.2) is 0 Å². The summed E-state index contributed by atoms with van der Waals surface area (Å²) in [6, 6.07) is 6.63. The van der Waals surface area contributed by atoms with Crippen molar-refractivity contribution in [3.8, 4) is 22.9 Å². The largest absolute Gasteiger partial charge is 0.503 e. The Morgan fingerprint density at radius 3 is 2.23 bits per heavy atom. The number of ether oxygens (including phenoxy) is 1. The lowest BCUT2D eigenvalue weighted by Crippen LogP contribution is -2.47. The molecule has 0 aliphatic carbocycles. The molecule has 1 aromatic carbocycles. The van der Waals surface area contributed by atoms with Crippen molar-refractivity contribution in [3.63, 3.8) is 0 Å². The lowest BCUT2D eigenvalue weighted by atomic mass is 10.2. The number of likely N-dealkylation sites (N-methyl/N-ethyl adjacent to an activating group) is 1. The van der Waals surface area contributed by atoms with Gasteiger partial charge in [-0.2, -0.15) is 0 Å². The highest BCUT2D eigenvalue weighted by molar-refractivity contribution is 6.00. The van der Waals surface area contributed by atoms with E-state index in [1.165, 1.54) is 11.7 Å². The Morgan fingerprint density at radius 1 is 1.08 bits per heavy atom. The Balaban J connectivity index is 2.09. The van der Waals surface area contributed by atoms with Crippen molar-refractivity contribution < 1.29 is 24.5 Å². The van der Waals surface area contributed by atoms with E-state index in [9.17, 15) is 19.8 Å². The SMILES string of the molecule is COc1ccc(-n2c(C=O)c(O)c(O)c2C(=O)N2CCN(C)CC2)cc1. The monoisotopic (exact) mass is 359 g/mol. The summed E-state index contributed by atoms with van der Waals surface area (Å²) in [6.07, 6.45) is 0.417. The molecule has 2 aromatic rings. The number of aldehydes is 1. The van der Waals surface area contributed by atoms with Crippen LogP contribution in [0.2, 0.25) is 0 Å². The van der Waals surface area contributed by atoms with Crippen molar-refractivity contribution in [2.24, 2.45) is 0 Å². The van der Waals surface area contributed by atoms with E-state index in [1.54, 1.807) is 29.2 Å². The minimum Gasteiger partial charge on any atom is -0.503 e. The maximum absolute atomic E-state index is 13.0. The number of hydrogen-bond donors (Lipinski definition) is 2. The molecule has 0 radical (unpaired) electrons. The zero-order chi connectivity index (χ0) is 18.8. The van der Waals surface area contributed by atoms with Crippen molar-refractivity contribution >= 4 is 12.2 Å². The van der Waals surface area contributed by atoms with Gasteiger partial charge in [0, 0.05) is 31.9 Å². The molecule has 2 heterocycles. The van der Waals surface area contributed by atoms with E-state index in [0.29, 0.717) is 43.9 Å². The van der Waals surface area contributed by atoms with Gasteiger partial charge in [-0.15, -0.1) is 0 Å². The highest BCUT2D eigenvalue weighted by Crippen LogP contribution is 2.38. The van der Waals surface area contributed by atoms with Crippen LogP contribution in [0.5, 0.6) is 17.2 Å². The van der Waals surface area contributed by atoms with Gasteiger partial charge >= 0.3 is 0 Å². The number of benzene rings is 1. The molecule has 0 bridgehead atoms. The fraction of sp³-hybridized carbons (Fsp3) is 0.333. The van der Waals surface area contributed by atoms with Crippen molar-refractivity contribution in [2.45, 2.75) is 0 Å². The van der Waals surface area contributed by atoms with E-state index < -0.39 is 17.4 Å². The number of hydrogen-bond acceptors (Lipinski definition) is 6. The summed E-state index contributed by atoms with van der Waals surface area (Å²) in [7, 11) is 3.50. The topological polar surface area (TPSA) is 95.2 Å². The van der Waals surface area contributed by atoms with Crippen LogP contribution >= 0.6 is 0 Å². The molecule has 0 saturated carbocycles. The molecule has 0 unspecified atom stereocenters. The number of carbonyl (C=O) groups is 2. The fourth-order valence-electron chi connectivity index (χ4n) is 3.03. The number of amides is 1. The summed E-state index contributed by atoms with van der Waals surface area (Å²) in [5, 5.41) is 20.5. The highest BCUT2D eigenvalue weighted by atomic mass is 16.5. The molecular formula is C18H21N3O5. The second-order valence-electron chi connectivity index (χ2n) is 6.18. The van der Waals surface area contributed by atoms with Gasteiger partial charge in [0.15, 0.2) is 23.5 Å². The zero-order valence-corrected chi connectivity index (χ0v) is 14.7. The summed E-state index contributed by atoms with van der Waals surface area (Å²) in [4.78, 5) is 28.2. The molecule has 1 aliphatic rings. The third-order valence-electron chi connectivity index (χ3n) is 4.59. The Bertz CT molecular complexity index is 820. The third-order valence-corrected chi connectivity index (χ3v) is 4.59. The maximum Gasteiger partial charge on any atom is 0.274 e. The van der Waals surface area contributed by atoms with Gasteiger partial charge in [-0.3, -0.25) is 14.2 Å². The number of aromatic hydroxyl groups is 2. The Morgan fingerprint density at radius 2 is 1.69 bits per heavy atom. The van der Waals surface area contributed by atoms with Crippen LogP contribution in [-0.4, -0.2) is 77.1 Å². The zero-order valence-electron chi connectivity index (χ0n) is 14.7. The van der Waals surface area contributed by atoms with Crippen LogP contribution in [-0.2, 0) is 0 Å². The predicted octanol–water partition coefficient (Wildman–Crippen LogP) is 1.10.